The highest BCUT2D eigenvalue weighted by Crippen LogP contribution is 2.57. The number of esters is 1. The molecule has 0 saturated heterocycles. The van der Waals surface area contributed by atoms with Gasteiger partial charge in [0.05, 0.1) is 12.2 Å². The summed E-state index contributed by atoms with van der Waals surface area (Å²) in [5, 5.41) is 8.92. The Labute approximate surface area is 102 Å². The predicted molar refractivity (Wildman–Crippen MR) is 63.2 cm³/mol. The average molecular weight is 236 g/mol. The standard InChI is InChI=1S/C14H20O3/c1-9(8-15)13(16)17-14-5-10-2-11(6-14)4-12(3-10)7-14/h10-12,15H,1-8H2. The molecule has 0 aromatic carbocycles. The largest absolute Gasteiger partial charge is 0.456 e. The lowest BCUT2D eigenvalue weighted by Crippen LogP contribution is -2.52. The summed E-state index contributed by atoms with van der Waals surface area (Å²) in [5.41, 5.74) is -0.0371. The molecule has 0 unspecified atom stereocenters. The summed E-state index contributed by atoms with van der Waals surface area (Å²) in [5.74, 6) is 1.89. The minimum Gasteiger partial charge on any atom is -0.456 e. The van der Waals surface area contributed by atoms with E-state index in [2.05, 4.69) is 6.58 Å². The summed E-state index contributed by atoms with van der Waals surface area (Å²) in [7, 11) is 0. The van der Waals surface area contributed by atoms with E-state index in [0.717, 1.165) is 37.0 Å². The predicted octanol–water partition coefficient (Wildman–Crippen LogP) is 2.05. The summed E-state index contributed by atoms with van der Waals surface area (Å²) < 4.78 is 5.70. The van der Waals surface area contributed by atoms with Gasteiger partial charge in [0.15, 0.2) is 0 Å². The highest BCUT2D eigenvalue weighted by molar-refractivity contribution is 5.88. The third-order valence-corrected chi connectivity index (χ3v) is 4.77. The smallest absolute Gasteiger partial charge is 0.336 e. The van der Waals surface area contributed by atoms with E-state index in [1.165, 1.54) is 19.3 Å². The maximum atomic E-state index is 11.8. The van der Waals surface area contributed by atoms with Gasteiger partial charge in [-0.3, -0.25) is 0 Å². The van der Waals surface area contributed by atoms with Crippen molar-refractivity contribution >= 4 is 5.97 Å². The summed E-state index contributed by atoms with van der Waals surface area (Å²) >= 11 is 0. The normalized spacial score (nSPS) is 42.5. The van der Waals surface area contributed by atoms with E-state index in [4.69, 9.17) is 9.84 Å². The van der Waals surface area contributed by atoms with E-state index in [9.17, 15) is 4.79 Å². The van der Waals surface area contributed by atoms with Crippen molar-refractivity contribution in [1.82, 2.24) is 0 Å². The molecular formula is C14H20O3. The Bertz CT molecular complexity index is 323. The monoisotopic (exact) mass is 236 g/mol. The molecule has 0 amide bonds. The average Bonchev–Trinajstić information content (AvgIpc) is 2.25. The molecule has 4 bridgehead atoms. The SMILES string of the molecule is C=C(CO)C(=O)OC12CC3CC(CC(C3)C1)C2. The fourth-order valence-electron chi connectivity index (χ4n) is 4.49. The van der Waals surface area contributed by atoms with E-state index in [0.29, 0.717) is 0 Å². The van der Waals surface area contributed by atoms with Crippen LogP contribution in [0.2, 0.25) is 0 Å². The molecule has 0 aromatic heterocycles. The summed E-state index contributed by atoms with van der Waals surface area (Å²) in [6.45, 7) is 3.25. The van der Waals surface area contributed by atoms with Crippen molar-refractivity contribution in [1.29, 1.82) is 0 Å². The molecule has 0 spiro atoms. The Kier molecular flexibility index (Phi) is 2.54. The van der Waals surface area contributed by atoms with Crippen LogP contribution < -0.4 is 0 Å². The Balaban J connectivity index is 1.74. The fourth-order valence-corrected chi connectivity index (χ4v) is 4.49. The number of aliphatic hydroxyl groups is 1. The first kappa shape index (κ1) is 11.3. The van der Waals surface area contributed by atoms with E-state index < -0.39 is 5.97 Å². The second kappa shape index (κ2) is 3.84. The first-order chi connectivity index (χ1) is 8.10. The van der Waals surface area contributed by atoms with Gasteiger partial charge >= 0.3 is 5.97 Å². The van der Waals surface area contributed by atoms with Crippen molar-refractivity contribution in [3.63, 3.8) is 0 Å². The minimum atomic E-state index is -0.394. The van der Waals surface area contributed by atoms with Crippen LogP contribution in [-0.2, 0) is 9.53 Å². The van der Waals surface area contributed by atoms with Crippen LogP contribution in [0.5, 0.6) is 0 Å². The quantitative estimate of drug-likeness (QED) is 0.602. The van der Waals surface area contributed by atoms with Crippen LogP contribution in [0.1, 0.15) is 38.5 Å². The van der Waals surface area contributed by atoms with Crippen molar-refractivity contribution in [2.24, 2.45) is 17.8 Å². The van der Waals surface area contributed by atoms with Crippen LogP contribution in [0.4, 0.5) is 0 Å². The molecule has 0 atom stereocenters. The molecule has 4 fully saturated rings. The maximum Gasteiger partial charge on any atom is 0.336 e. The van der Waals surface area contributed by atoms with E-state index in [1.54, 1.807) is 0 Å². The van der Waals surface area contributed by atoms with Crippen LogP contribution in [-0.4, -0.2) is 23.3 Å². The van der Waals surface area contributed by atoms with Crippen LogP contribution in [0.15, 0.2) is 12.2 Å². The molecule has 0 aliphatic heterocycles. The van der Waals surface area contributed by atoms with Gasteiger partial charge < -0.3 is 9.84 Å². The number of ether oxygens (including phenoxy) is 1. The molecule has 17 heavy (non-hydrogen) atoms. The van der Waals surface area contributed by atoms with Crippen LogP contribution in [0, 0.1) is 17.8 Å². The van der Waals surface area contributed by atoms with Crippen LogP contribution >= 0.6 is 0 Å². The van der Waals surface area contributed by atoms with Gasteiger partial charge in [0.2, 0.25) is 0 Å². The Morgan fingerprint density at radius 2 is 1.65 bits per heavy atom. The van der Waals surface area contributed by atoms with E-state index in [1.807, 2.05) is 0 Å². The number of aliphatic hydroxyl groups excluding tert-OH is 1. The molecule has 1 N–H and O–H groups in total. The number of hydrogen-bond acceptors (Lipinski definition) is 3. The lowest BCUT2D eigenvalue weighted by Gasteiger charge is -2.55. The van der Waals surface area contributed by atoms with Crippen molar-refractivity contribution in [2.75, 3.05) is 6.61 Å². The molecule has 94 valence electrons. The topological polar surface area (TPSA) is 46.5 Å². The number of hydrogen-bond donors (Lipinski definition) is 1. The highest BCUT2D eigenvalue weighted by Gasteiger charge is 2.53. The van der Waals surface area contributed by atoms with Crippen molar-refractivity contribution in [3.05, 3.63) is 12.2 Å². The molecule has 0 radical (unpaired) electrons. The second-order valence-corrected chi connectivity index (χ2v) is 6.25. The number of carbonyl (C=O) groups excluding carboxylic acids is 1. The van der Waals surface area contributed by atoms with Gasteiger partial charge in [0, 0.05) is 0 Å². The molecule has 0 aromatic rings. The molecule has 4 aliphatic carbocycles. The van der Waals surface area contributed by atoms with Crippen molar-refractivity contribution in [3.8, 4) is 0 Å². The molecule has 3 nitrogen and oxygen atoms in total. The third-order valence-electron chi connectivity index (χ3n) is 4.77. The number of rotatable bonds is 3. The van der Waals surface area contributed by atoms with Gasteiger partial charge in [-0.2, -0.15) is 0 Å². The summed E-state index contributed by atoms with van der Waals surface area (Å²) in [6.07, 6.45) is 7.09. The summed E-state index contributed by atoms with van der Waals surface area (Å²) in [4.78, 5) is 11.8. The van der Waals surface area contributed by atoms with Gasteiger partial charge in [-0.25, -0.2) is 4.79 Å². The number of carbonyl (C=O) groups is 1. The maximum absolute atomic E-state index is 11.8. The molecular weight excluding hydrogens is 216 g/mol. The molecule has 4 saturated carbocycles. The zero-order valence-electron chi connectivity index (χ0n) is 10.2. The Hall–Kier alpha value is -0.830. The molecule has 4 aliphatic rings. The zero-order valence-corrected chi connectivity index (χ0v) is 10.2. The lowest BCUT2D eigenvalue weighted by molar-refractivity contribution is -0.182. The van der Waals surface area contributed by atoms with E-state index >= 15 is 0 Å². The van der Waals surface area contributed by atoms with Gasteiger partial charge in [0.1, 0.15) is 5.60 Å². The fraction of sp³-hybridized carbons (Fsp3) is 0.786. The molecule has 0 heterocycles. The highest BCUT2D eigenvalue weighted by atomic mass is 16.6. The van der Waals surface area contributed by atoms with Crippen LogP contribution in [0.3, 0.4) is 0 Å². The zero-order chi connectivity index (χ0) is 12.0. The first-order valence-electron chi connectivity index (χ1n) is 6.62. The van der Waals surface area contributed by atoms with E-state index in [-0.39, 0.29) is 17.8 Å². The Morgan fingerprint density at radius 3 is 2.06 bits per heavy atom. The third kappa shape index (κ3) is 1.90. The van der Waals surface area contributed by atoms with Gasteiger partial charge in [-0.15, -0.1) is 0 Å². The van der Waals surface area contributed by atoms with Crippen molar-refractivity contribution < 1.29 is 14.6 Å². The molecule has 4 rings (SSSR count). The first-order valence-corrected chi connectivity index (χ1v) is 6.62. The molecule has 3 heteroatoms. The Morgan fingerprint density at radius 1 is 1.18 bits per heavy atom. The van der Waals surface area contributed by atoms with Gasteiger partial charge in [-0.1, -0.05) is 6.58 Å². The van der Waals surface area contributed by atoms with Crippen LogP contribution in [0.25, 0.3) is 0 Å². The van der Waals surface area contributed by atoms with Crippen molar-refractivity contribution in [2.45, 2.75) is 44.1 Å². The lowest BCUT2D eigenvalue weighted by atomic mass is 9.54. The summed E-state index contributed by atoms with van der Waals surface area (Å²) in [6, 6.07) is 0. The second-order valence-electron chi connectivity index (χ2n) is 6.25. The van der Waals surface area contributed by atoms with Gasteiger partial charge in [-0.05, 0) is 56.3 Å². The minimum absolute atomic E-state index is 0.181. The van der Waals surface area contributed by atoms with Gasteiger partial charge in [0.25, 0.3) is 0 Å².